The fourth-order valence-corrected chi connectivity index (χ4v) is 6.48. The van der Waals surface area contributed by atoms with Crippen molar-refractivity contribution in [3.8, 4) is 0 Å². The maximum Gasteiger partial charge on any atom is 0.339 e. The van der Waals surface area contributed by atoms with E-state index < -0.39 is 17.9 Å². The number of carbonyl (C=O) groups is 1. The number of aliphatic hydroxyl groups excluding tert-OH is 1. The number of aliphatic hydroxyl groups is 2. The van der Waals surface area contributed by atoms with Crippen molar-refractivity contribution in [1.29, 1.82) is 0 Å². The smallest absolute Gasteiger partial charge is 0.339 e. The van der Waals surface area contributed by atoms with Gasteiger partial charge in [0.1, 0.15) is 6.10 Å². The molecule has 0 aromatic carbocycles. The van der Waals surface area contributed by atoms with Crippen LogP contribution < -0.4 is 0 Å². The molecule has 5 unspecified atom stereocenters. The Balaban J connectivity index is 2.49. The Bertz CT molecular complexity index is 630. The van der Waals surface area contributed by atoms with Crippen LogP contribution in [0.3, 0.4) is 0 Å². The van der Waals surface area contributed by atoms with Crippen LogP contribution in [-0.2, 0) is 19.3 Å². The van der Waals surface area contributed by atoms with Gasteiger partial charge < -0.3 is 14.9 Å². The lowest BCUT2D eigenvalue weighted by atomic mass is 9.51. The number of hydrogen-bond acceptors (Lipinski definition) is 6. The minimum atomic E-state index is -1.05. The summed E-state index contributed by atoms with van der Waals surface area (Å²) in [6.45, 7) is 18.1. The van der Waals surface area contributed by atoms with Crippen molar-refractivity contribution in [2.45, 2.75) is 111 Å². The molecule has 0 amide bonds. The molecular weight excluding hydrogens is 396 g/mol. The Morgan fingerprint density at radius 1 is 1.10 bits per heavy atom. The highest BCUT2D eigenvalue weighted by Crippen LogP contribution is 2.57. The molecule has 0 aliphatic heterocycles. The van der Waals surface area contributed by atoms with E-state index in [1.165, 1.54) is 13.0 Å². The molecule has 2 saturated carbocycles. The van der Waals surface area contributed by atoms with E-state index in [-0.39, 0.29) is 34.9 Å². The number of carbonyl (C=O) groups excluding carboxylic acids is 1. The predicted molar refractivity (Wildman–Crippen MR) is 120 cm³/mol. The van der Waals surface area contributed by atoms with Gasteiger partial charge in [0.2, 0.25) is 0 Å². The monoisotopic (exact) mass is 440 g/mol. The summed E-state index contributed by atoms with van der Waals surface area (Å²) in [5.41, 5.74) is -1.50. The molecule has 0 spiro atoms. The van der Waals surface area contributed by atoms with Gasteiger partial charge in [0.05, 0.1) is 11.7 Å². The van der Waals surface area contributed by atoms with Crippen molar-refractivity contribution in [3.05, 3.63) is 12.7 Å². The van der Waals surface area contributed by atoms with Crippen LogP contribution in [0, 0.1) is 28.6 Å². The van der Waals surface area contributed by atoms with E-state index in [1.54, 1.807) is 0 Å². The maximum absolute atomic E-state index is 11.8. The van der Waals surface area contributed by atoms with Gasteiger partial charge in [-0.2, -0.15) is 4.89 Å². The van der Waals surface area contributed by atoms with Crippen molar-refractivity contribution in [3.63, 3.8) is 0 Å². The third-order valence-corrected chi connectivity index (χ3v) is 8.25. The molecule has 0 aromatic heterocycles. The molecule has 0 radical (unpaired) electrons. The number of ether oxygens (including phenoxy) is 1. The van der Waals surface area contributed by atoms with Crippen molar-refractivity contribution >= 4 is 5.97 Å². The Hall–Kier alpha value is -0.950. The van der Waals surface area contributed by atoms with E-state index in [4.69, 9.17) is 14.5 Å². The fraction of sp³-hybridized carbons (Fsp3) is 0.880. The average Bonchev–Trinajstić information content (AvgIpc) is 2.67. The summed E-state index contributed by atoms with van der Waals surface area (Å²) >= 11 is 0. The molecule has 2 fully saturated rings. The van der Waals surface area contributed by atoms with E-state index in [9.17, 15) is 15.0 Å². The summed E-state index contributed by atoms with van der Waals surface area (Å²) in [6, 6.07) is 0. The number of hydrogen-bond donors (Lipinski definition) is 2. The maximum atomic E-state index is 11.8. The first-order valence-electron chi connectivity index (χ1n) is 11.8. The lowest BCUT2D eigenvalue weighted by Crippen LogP contribution is -2.58. The summed E-state index contributed by atoms with van der Waals surface area (Å²) in [4.78, 5) is 21.7. The highest BCUT2D eigenvalue weighted by molar-refractivity contribution is 5.65. The van der Waals surface area contributed by atoms with Gasteiger partial charge in [-0.25, -0.2) is 4.79 Å². The second-order valence-electron chi connectivity index (χ2n) is 11.2. The first-order chi connectivity index (χ1) is 14.2. The average molecular weight is 441 g/mol. The van der Waals surface area contributed by atoms with Crippen LogP contribution in [0.15, 0.2) is 12.7 Å². The zero-order valence-corrected chi connectivity index (χ0v) is 20.5. The van der Waals surface area contributed by atoms with E-state index in [0.717, 1.165) is 19.3 Å². The van der Waals surface area contributed by atoms with Gasteiger partial charge >= 0.3 is 5.97 Å². The standard InChI is InChI=1S/C25H44O6/c1-9-20(27)29-22-17(3)21-16(2)10-14-25(28,24(21,7)8)15-12-19(31-30-18(4)26)11-13-23(22,5)6/h9,16-17,19-22,27-28H,1,10-15H2,2-8H3/t16?,17?,19?,20?,21?,22-,25-/m1/s1. The molecular formula is C25H44O6. The van der Waals surface area contributed by atoms with Crippen LogP contribution in [0.25, 0.3) is 0 Å². The van der Waals surface area contributed by atoms with Crippen molar-refractivity contribution in [2.75, 3.05) is 0 Å². The molecule has 6 nitrogen and oxygen atoms in total. The van der Waals surface area contributed by atoms with Crippen LogP contribution in [0.5, 0.6) is 0 Å². The Kier molecular flexibility index (Phi) is 8.40. The van der Waals surface area contributed by atoms with Gasteiger partial charge in [-0.15, -0.1) is 0 Å². The Morgan fingerprint density at radius 2 is 1.68 bits per heavy atom. The van der Waals surface area contributed by atoms with Gasteiger partial charge in [-0.1, -0.05) is 48.1 Å². The second kappa shape index (κ2) is 9.90. The lowest BCUT2D eigenvalue weighted by Gasteiger charge is -2.57. The molecule has 2 aliphatic carbocycles. The van der Waals surface area contributed by atoms with Crippen LogP contribution in [-0.4, -0.2) is 40.3 Å². The van der Waals surface area contributed by atoms with Crippen molar-refractivity contribution in [1.82, 2.24) is 0 Å². The quantitative estimate of drug-likeness (QED) is 0.277. The van der Waals surface area contributed by atoms with Crippen molar-refractivity contribution < 1.29 is 29.5 Å². The Labute approximate surface area is 188 Å². The highest BCUT2D eigenvalue weighted by Gasteiger charge is 2.57. The Morgan fingerprint density at radius 3 is 2.26 bits per heavy atom. The molecule has 0 heterocycles. The van der Waals surface area contributed by atoms with Gasteiger partial charge in [-0.3, -0.25) is 4.89 Å². The van der Waals surface area contributed by atoms with Crippen LogP contribution in [0.2, 0.25) is 0 Å². The molecule has 31 heavy (non-hydrogen) atoms. The summed E-state index contributed by atoms with van der Waals surface area (Å²) < 4.78 is 6.17. The van der Waals surface area contributed by atoms with Crippen LogP contribution in [0.1, 0.15) is 87.0 Å². The fourth-order valence-electron chi connectivity index (χ4n) is 6.48. The third-order valence-electron chi connectivity index (χ3n) is 8.25. The SMILES string of the molecule is C=CC(O)O[C@@H]1C(C)C2C(C)CC[C@@](O)(CCC(OOC(C)=O)CCC1(C)C)C2(C)C. The first kappa shape index (κ1) is 26.3. The first-order valence-corrected chi connectivity index (χ1v) is 11.8. The summed E-state index contributed by atoms with van der Waals surface area (Å²) in [5, 5.41) is 22.1. The summed E-state index contributed by atoms with van der Waals surface area (Å²) in [6.07, 6.45) is 4.09. The van der Waals surface area contributed by atoms with Gasteiger partial charge in [0.25, 0.3) is 0 Å². The van der Waals surface area contributed by atoms with Crippen LogP contribution >= 0.6 is 0 Å². The normalized spacial score (nSPS) is 39.1. The molecule has 7 atom stereocenters. The third kappa shape index (κ3) is 5.70. The van der Waals surface area contributed by atoms with E-state index in [1.807, 2.05) is 0 Å². The van der Waals surface area contributed by atoms with Crippen LogP contribution in [0.4, 0.5) is 0 Å². The molecule has 2 rings (SSSR count). The zero-order valence-electron chi connectivity index (χ0n) is 20.5. The van der Waals surface area contributed by atoms with Crippen molar-refractivity contribution in [2.24, 2.45) is 28.6 Å². The van der Waals surface area contributed by atoms with Gasteiger partial charge in [-0.05, 0) is 73.2 Å². The molecule has 2 aliphatic rings. The zero-order chi connectivity index (χ0) is 23.6. The lowest BCUT2D eigenvalue weighted by molar-refractivity contribution is -0.301. The van der Waals surface area contributed by atoms with Gasteiger partial charge in [0, 0.05) is 6.92 Å². The predicted octanol–water partition coefficient (Wildman–Crippen LogP) is 4.78. The van der Waals surface area contributed by atoms with E-state index in [2.05, 4.69) is 48.1 Å². The van der Waals surface area contributed by atoms with E-state index >= 15 is 0 Å². The second-order valence-corrected chi connectivity index (χ2v) is 11.2. The minimum absolute atomic E-state index is 0.104. The summed E-state index contributed by atoms with van der Waals surface area (Å²) in [7, 11) is 0. The largest absolute Gasteiger partial charge is 0.389 e. The highest BCUT2D eigenvalue weighted by atomic mass is 17.2. The molecule has 6 heteroatoms. The molecule has 2 bridgehead atoms. The van der Waals surface area contributed by atoms with Gasteiger partial charge in [0.15, 0.2) is 6.29 Å². The summed E-state index contributed by atoms with van der Waals surface area (Å²) in [5.74, 6) is 0.246. The molecule has 180 valence electrons. The number of rotatable bonds is 5. The topological polar surface area (TPSA) is 85.2 Å². The molecule has 0 aromatic rings. The minimum Gasteiger partial charge on any atom is -0.389 e. The number of fused-ring (bicyclic) bond motifs is 2. The van der Waals surface area contributed by atoms with E-state index in [0.29, 0.717) is 25.2 Å². The molecule has 2 N–H and O–H groups in total. The molecule has 0 saturated heterocycles.